The minimum Gasteiger partial charge on any atom is -0.383 e. The average molecular weight is 470 g/mol. The van der Waals surface area contributed by atoms with Crippen LogP contribution in [0.25, 0.3) is 10.2 Å². The van der Waals surface area contributed by atoms with Crippen LogP contribution in [-0.4, -0.2) is 47.9 Å². The predicted molar refractivity (Wildman–Crippen MR) is 132 cm³/mol. The van der Waals surface area contributed by atoms with Crippen molar-refractivity contribution in [2.75, 3.05) is 48.0 Å². The second-order valence-electron chi connectivity index (χ2n) is 8.12. The van der Waals surface area contributed by atoms with Gasteiger partial charge in [0.2, 0.25) is 5.91 Å². The summed E-state index contributed by atoms with van der Waals surface area (Å²) in [6, 6.07) is 7.94. The second kappa shape index (κ2) is 9.64. The van der Waals surface area contributed by atoms with Crippen molar-refractivity contribution >= 4 is 56.4 Å². The molecule has 168 valence electrons. The van der Waals surface area contributed by atoms with Gasteiger partial charge in [-0.05, 0) is 55.5 Å². The van der Waals surface area contributed by atoms with Gasteiger partial charge in [0.15, 0.2) is 5.16 Å². The minimum atomic E-state index is -0.0849. The van der Waals surface area contributed by atoms with Crippen LogP contribution in [0.4, 0.5) is 17.2 Å². The van der Waals surface area contributed by atoms with Crippen LogP contribution < -0.4 is 16.0 Å². The van der Waals surface area contributed by atoms with E-state index in [1.165, 1.54) is 41.5 Å². The molecule has 5 rings (SSSR count). The number of nitrogens with one attached hydrogen (secondary N) is 1. The zero-order chi connectivity index (χ0) is 21.9. The summed E-state index contributed by atoms with van der Waals surface area (Å²) < 4.78 is 5.40. The topological polar surface area (TPSA) is 93.4 Å². The standard InChI is InChI=1S/C23H27N5O2S2/c24-21-20-17-4-2-1-3-5-18(17)32-22(20)27-23(26-21)31-14-19(29)25-15-6-8-16(9-7-15)28-10-12-30-13-11-28/h6-9H,1-5,10-14H2,(H,25,29)(H2,24,26,27). The number of aryl methyl sites for hydroxylation is 2. The normalized spacial score (nSPS) is 16.6. The number of amides is 1. The zero-order valence-corrected chi connectivity index (χ0v) is 19.6. The summed E-state index contributed by atoms with van der Waals surface area (Å²) in [6.07, 6.45) is 5.85. The van der Waals surface area contributed by atoms with E-state index >= 15 is 0 Å². The van der Waals surface area contributed by atoms with Gasteiger partial charge in [-0.3, -0.25) is 4.79 Å². The lowest BCUT2D eigenvalue weighted by Crippen LogP contribution is -2.36. The quantitative estimate of drug-likeness (QED) is 0.330. The maximum atomic E-state index is 12.5. The molecule has 0 saturated carbocycles. The number of hydrogen-bond acceptors (Lipinski definition) is 8. The molecule has 3 N–H and O–H groups in total. The molecule has 7 nitrogen and oxygen atoms in total. The number of aromatic nitrogens is 2. The third-order valence-electron chi connectivity index (χ3n) is 5.93. The van der Waals surface area contributed by atoms with Crippen molar-refractivity contribution in [1.82, 2.24) is 9.97 Å². The summed E-state index contributed by atoms with van der Waals surface area (Å²) in [5.74, 6) is 0.690. The molecule has 1 fully saturated rings. The molecule has 9 heteroatoms. The number of rotatable bonds is 5. The third kappa shape index (κ3) is 4.69. The number of carbonyl (C=O) groups excluding carboxylic acids is 1. The molecule has 0 bridgehead atoms. The van der Waals surface area contributed by atoms with Crippen LogP contribution in [-0.2, 0) is 22.4 Å². The SMILES string of the molecule is Nc1nc(SCC(=O)Nc2ccc(N3CCOCC3)cc2)nc2sc3c(c12)CCCCC3. The maximum Gasteiger partial charge on any atom is 0.234 e. The number of morpholine rings is 1. The first kappa shape index (κ1) is 21.5. The molecule has 1 aliphatic heterocycles. The molecular formula is C23H27N5O2S2. The molecule has 1 aliphatic carbocycles. The van der Waals surface area contributed by atoms with Gasteiger partial charge in [0.1, 0.15) is 10.6 Å². The molecule has 3 heterocycles. The van der Waals surface area contributed by atoms with E-state index < -0.39 is 0 Å². The van der Waals surface area contributed by atoms with Crippen LogP contribution in [0.2, 0.25) is 0 Å². The highest BCUT2D eigenvalue weighted by molar-refractivity contribution is 7.99. The number of nitrogens with two attached hydrogens (primary N) is 1. The van der Waals surface area contributed by atoms with E-state index in [1.54, 1.807) is 11.3 Å². The number of fused-ring (bicyclic) bond motifs is 3. The second-order valence-corrected chi connectivity index (χ2v) is 10.1. The molecule has 2 aromatic heterocycles. The summed E-state index contributed by atoms with van der Waals surface area (Å²) >= 11 is 3.06. The predicted octanol–water partition coefficient (Wildman–Crippen LogP) is 4.11. The number of carbonyl (C=O) groups is 1. The fourth-order valence-corrected chi connectivity index (χ4v) is 6.29. The summed E-state index contributed by atoms with van der Waals surface area (Å²) in [4.78, 5) is 26.3. The molecule has 32 heavy (non-hydrogen) atoms. The summed E-state index contributed by atoms with van der Waals surface area (Å²) in [5.41, 5.74) is 9.58. The number of hydrogen-bond donors (Lipinski definition) is 2. The molecule has 2 aliphatic rings. The Labute approximate surface area is 195 Å². The van der Waals surface area contributed by atoms with Crippen LogP contribution >= 0.6 is 23.1 Å². The molecule has 1 saturated heterocycles. The van der Waals surface area contributed by atoms with Crippen LogP contribution in [0.15, 0.2) is 29.4 Å². The van der Waals surface area contributed by atoms with E-state index in [-0.39, 0.29) is 11.7 Å². The van der Waals surface area contributed by atoms with Crippen LogP contribution in [0.3, 0.4) is 0 Å². The Morgan fingerprint density at radius 2 is 1.91 bits per heavy atom. The van der Waals surface area contributed by atoms with E-state index in [0.29, 0.717) is 11.0 Å². The van der Waals surface area contributed by atoms with Gasteiger partial charge in [0.25, 0.3) is 0 Å². The van der Waals surface area contributed by atoms with Crippen molar-refractivity contribution in [1.29, 1.82) is 0 Å². The van der Waals surface area contributed by atoms with E-state index in [4.69, 9.17) is 15.5 Å². The molecule has 3 aromatic rings. The highest BCUT2D eigenvalue weighted by atomic mass is 32.2. The number of thiophene rings is 1. The van der Waals surface area contributed by atoms with Crippen molar-refractivity contribution in [2.24, 2.45) is 0 Å². The smallest absolute Gasteiger partial charge is 0.234 e. The van der Waals surface area contributed by atoms with E-state index in [1.807, 2.05) is 24.3 Å². The number of benzene rings is 1. The largest absolute Gasteiger partial charge is 0.383 e. The Balaban J connectivity index is 1.21. The van der Waals surface area contributed by atoms with E-state index in [0.717, 1.165) is 60.7 Å². The van der Waals surface area contributed by atoms with E-state index in [2.05, 4.69) is 15.2 Å². The first-order valence-corrected chi connectivity index (χ1v) is 12.9. The fourth-order valence-electron chi connectivity index (χ4n) is 4.31. The van der Waals surface area contributed by atoms with Gasteiger partial charge >= 0.3 is 0 Å². The van der Waals surface area contributed by atoms with Gasteiger partial charge in [-0.25, -0.2) is 9.97 Å². The molecular weight excluding hydrogens is 442 g/mol. The van der Waals surface area contributed by atoms with Crippen molar-refractivity contribution < 1.29 is 9.53 Å². The number of thioether (sulfide) groups is 1. The van der Waals surface area contributed by atoms with Crippen molar-refractivity contribution in [3.8, 4) is 0 Å². The highest BCUT2D eigenvalue weighted by Gasteiger charge is 2.20. The van der Waals surface area contributed by atoms with Gasteiger partial charge in [-0.1, -0.05) is 18.2 Å². The molecule has 1 amide bonds. The first-order chi connectivity index (χ1) is 15.7. The van der Waals surface area contributed by atoms with Crippen LogP contribution in [0.5, 0.6) is 0 Å². The monoisotopic (exact) mass is 469 g/mol. The lowest BCUT2D eigenvalue weighted by Gasteiger charge is -2.28. The molecule has 0 atom stereocenters. The van der Waals surface area contributed by atoms with Gasteiger partial charge in [0, 0.05) is 29.3 Å². The van der Waals surface area contributed by atoms with Crippen molar-refractivity contribution in [3.63, 3.8) is 0 Å². The van der Waals surface area contributed by atoms with Crippen molar-refractivity contribution in [2.45, 2.75) is 37.3 Å². The lowest BCUT2D eigenvalue weighted by molar-refractivity contribution is -0.113. The fraction of sp³-hybridized carbons (Fsp3) is 0.435. The zero-order valence-electron chi connectivity index (χ0n) is 17.9. The number of anilines is 3. The Morgan fingerprint density at radius 1 is 1.12 bits per heavy atom. The van der Waals surface area contributed by atoms with Gasteiger partial charge < -0.3 is 20.7 Å². The van der Waals surface area contributed by atoms with E-state index in [9.17, 15) is 4.79 Å². The van der Waals surface area contributed by atoms with Crippen LogP contribution in [0, 0.1) is 0 Å². The maximum absolute atomic E-state index is 12.5. The van der Waals surface area contributed by atoms with Gasteiger partial charge in [0.05, 0.1) is 24.4 Å². The number of nitrogen functional groups attached to an aromatic ring is 1. The van der Waals surface area contributed by atoms with Crippen molar-refractivity contribution in [3.05, 3.63) is 34.7 Å². The minimum absolute atomic E-state index is 0.0849. The third-order valence-corrected chi connectivity index (χ3v) is 7.96. The molecule has 1 aromatic carbocycles. The van der Waals surface area contributed by atoms with Gasteiger partial charge in [-0.15, -0.1) is 11.3 Å². The number of ether oxygens (including phenoxy) is 1. The highest BCUT2D eigenvalue weighted by Crippen LogP contribution is 2.38. The Bertz CT molecular complexity index is 1110. The summed E-state index contributed by atoms with van der Waals surface area (Å²) in [6.45, 7) is 3.29. The molecule has 0 spiro atoms. The Morgan fingerprint density at radius 3 is 2.72 bits per heavy atom. The Hall–Kier alpha value is -2.36. The summed E-state index contributed by atoms with van der Waals surface area (Å²) in [5, 5.41) is 4.54. The van der Waals surface area contributed by atoms with Gasteiger partial charge in [-0.2, -0.15) is 0 Å². The number of nitrogens with zero attached hydrogens (tertiary/aromatic N) is 3. The lowest BCUT2D eigenvalue weighted by atomic mass is 10.1. The molecule has 0 unspecified atom stereocenters. The Kier molecular flexibility index (Phi) is 6.47. The first-order valence-electron chi connectivity index (χ1n) is 11.1. The average Bonchev–Trinajstić information content (AvgIpc) is 3.00. The van der Waals surface area contributed by atoms with Crippen LogP contribution in [0.1, 0.15) is 29.7 Å². The molecule has 0 radical (unpaired) electrons. The summed E-state index contributed by atoms with van der Waals surface area (Å²) in [7, 11) is 0.